The van der Waals surface area contributed by atoms with Crippen molar-refractivity contribution < 1.29 is 9.13 Å². The zero-order valence-electron chi connectivity index (χ0n) is 10.7. The van der Waals surface area contributed by atoms with Crippen LogP contribution in [0, 0.1) is 5.82 Å². The molecule has 0 radical (unpaired) electrons. The first-order valence-electron chi connectivity index (χ1n) is 5.80. The molecule has 0 amide bonds. The second-order valence-corrected chi connectivity index (χ2v) is 4.13. The van der Waals surface area contributed by atoms with Crippen LogP contribution < -0.4 is 10.1 Å². The number of nitrogens with one attached hydrogen (secondary N) is 1. The number of hydrogen-bond acceptors (Lipinski definition) is 2. The van der Waals surface area contributed by atoms with E-state index in [2.05, 4.69) is 11.9 Å². The van der Waals surface area contributed by atoms with Gasteiger partial charge < -0.3 is 10.1 Å². The van der Waals surface area contributed by atoms with Crippen LogP contribution in [0.15, 0.2) is 30.4 Å². The summed E-state index contributed by atoms with van der Waals surface area (Å²) in [7, 11) is 1.56. The van der Waals surface area contributed by atoms with Gasteiger partial charge in [-0.25, -0.2) is 4.39 Å². The maximum Gasteiger partial charge on any atom is 0.131 e. The fourth-order valence-electron chi connectivity index (χ4n) is 1.90. The topological polar surface area (TPSA) is 21.3 Å². The van der Waals surface area contributed by atoms with E-state index in [9.17, 15) is 4.39 Å². The summed E-state index contributed by atoms with van der Waals surface area (Å²) in [5.74, 6) is 0.341. The van der Waals surface area contributed by atoms with Gasteiger partial charge in [0.05, 0.1) is 7.11 Å². The molecule has 0 aliphatic rings. The molecule has 1 aromatic carbocycles. The molecule has 1 N–H and O–H groups in total. The maximum atomic E-state index is 13.9. The van der Waals surface area contributed by atoms with Crippen molar-refractivity contribution in [1.82, 2.24) is 5.32 Å². The predicted octanol–water partition coefficient (Wildman–Crippen LogP) is 3.45. The predicted molar refractivity (Wildman–Crippen MR) is 68.8 cm³/mol. The molecule has 1 atom stereocenters. The molecule has 1 unspecified atom stereocenters. The zero-order valence-corrected chi connectivity index (χ0v) is 10.7. The van der Waals surface area contributed by atoms with Gasteiger partial charge in [0.2, 0.25) is 0 Å². The van der Waals surface area contributed by atoms with Crippen LogP contribution in [-0.4, -0.2) is 13.7 Å². The lowest BCUT2D eigenvalue weighted by Crippen LogP contribution is -2.22. The third kappa shape index (κ3) is 3.56. The molecule has 2 nitrogen and oxygen atoms in total. The third-order valence-electron chi connectivity index (χ3n) is 2.58. The molecule has 0 aromatic heterocycles. The fourth-order valence-corrected chi connectivity index (χ4v) is 1.90. The van der Waals surface area contributed by atoms with Crippen LogP contribution in [0.4, 0.5) is 4.39 Å². The average Bonchev–Trinajstić information content (AvgIpc) is 2.27. The Hall–Kier alpha value is -1.35. The number of halogens is 1. The van der Waals surface area contributed by atoms with Crippen molar-refractivity contribution in [1.29, 1.82) is 0 Å². The van der Waals surface area contributed by atoms with Gasteiger partial charge in [-0.15, -0.1) is 6.58 Å². The van der Waals surface area contributed by atoms with Crippen molar-refractivity contribution in [3.8, 4) is 5.75 Å². The number of benzene rings is 1. The van der Waals surface area contributed by atoms with E-state index >= 15 is 0 Å². The minimum atomic E-state index is -0.239. The minimum Gasteiger partial charge on any atom is -0.496 e. The van der Waals surface area contributed by atoms with Gasteiger partial charge in [-0.1, -0.05) is 18.6 Å². The Balaban J connectivity index is 3.11. The van der Waals surface area contributed by atoms with Crippen LogP contribution in [0.2, 0.25) is 0 Å². The highest BCUT2D eigenvalue weighted by molar-refractivity contribution is 5.37. The Kier molecular flexibility index (Phi) is 5.16. The molecule has 1 rings (SSSR count). The van der Waals surface area contributed by atoms with Crippen LogP contribution in [0.5, 0.6) is 5.75 Å². The summed E-state index contributed by atoms with van der Waals surface area (Å²) < 4.78 is 19.1. The van der Waals surface area contributed by atoms with E-state index in [-0.39, 0.29) is 11.9 Å². The van der Waals surface area contributed by atoms with Crippen molar-refractivity contribution in [3.05, 3.63) is 41.7 Å². The van der Waals surface area contributed by atoms with E-state index in [1.807, 2.05) is 13.8 Å². The summed E-state index contributed by atoms with van der Waals surface area (Å²) in [5, 5.41) is 3.26. The lowest BCUT2D eigenvalue weighted by molar-refractivity contribution is 0.390. The second-order valence-electron chi connectivity index (χ2n) is 4.13. The molecular formula is C14H20FNO. The molecule has 0 fully saturated rings. The van der Waals surface area contributed by atoms with E-state index in [1.165, 1.54) is 6.07 Å². The maximum absolute atomic E-state index is 13.9. The standard InChI is InChI=1S/C14H20FNO/c1-5-16-12(9-10(2)3)14-11(15)7-6-8-13(14)17-4/h6-8,12,16H,2,5,9H2,1,3-4H3. The summed E-state index contributed by atoms with van der Waals surface area (Å²) in [5.41, 5.74) is 1.60. The van der Waals surface area contributed by atoms with E-state index in [0.717, 1.165) is 12.1 Å². The van der Waals surface area contributed by atoms with Gasteiger partial charge in [0, 0.05) is 11.6 Å². The molecule has 0 heterocycles. The summed E-state index contributed by atoms with van der Waals surface area (Å²) >= 11 is 0. The number of methoxy groups -OCH3 is 1. The fraction of sp³-hybridized carbons (Fsp3) is 0.429. The number of ether oxygens (including phenoxy) is 1. The number of hydrogen-bond donors (Lipinski definition) is 1. The van der Waals surface area contributed by atoms with Gasteiger partial charge in [0.25, 0.3) is 0 Å². The Morgan fingerprint density at radius 2 is 2.24 bits per heavy atom. The van der Waals surface area contributed by atoms with Gasteiger partial charge in [0.1, 0.15) is 11.6 Å². The zero-order chi connectivity index (χ0) is 12.8. The first-order chi connectivity index (χ1) is 8.10. The highest BCUT2D eigenvalue weighted by Gasteiger charge is 2.19. The van der Waals surface area contributed by atoms with E-state index in [4.69, 9.17) is 4.74 Å². The monoisotopic (exact) mass is 237 g/mol. The van der Waals surface area contributed by atoms with Crippen LogP contribution >= 0.6 is 0 Å². The van der Waals surface area contributed by atoms with E-state index in [0.29, 0.717) is 17.7 Å². The first kappa shape index (κ1) is 13.7. The molecule has 3 heteroatoms. The summed E-state index contributed by atoms with van der Waals surface area (Å²) in [6.07, 6.45) is 0.700. The lowest BCUT2D eigenvalue weighted by atomic mass is 9.98. The molecule has 0 saturated carbocycles. The second kappa shape index (κ2) is 6.40. The van der Waals surface area contributed by atoms with Crippen molar-refractivity contribution in [2.24, 2.45) is 0 Å². The lowest BCUT2D eigenvalue weighted by Gasteiger charge is -2.21. The van der Waals surface area contributed by atoms with Gasteiger partial charge in [-0.3, -0.25) is 0 Å². The van der Waals surface area contributed by atoms with Gasteiger partial charge >= 0.3 is 0 Å². The van der Waals surface area contributed by atoms with Crippen LogP contribution in [0.25, 0.3) is 0 Å². The Morgan fingerprint density at radius 1 is 1.53 bits per heavy atom. The molecule has 0 saturated heterocycles. The normalized spacial score (nSPS) is 12.2. The highest BCUT2D eigenvalue weighted by atomic mass is 19.1. The molecule has 1 aromatic rings. The summed E-state index contributed by atoms with van der Waals surface area (Å²) in [6, 6.07) is 4.80. The molecule has 0 aliphatic carbocycles. The largest absolute Gasteiger partial charge is 0.496 e. The SMILES string of the molecule is C=C(C)CC(NCC)c1c(F)cccc1OC. The van der Waals surface area contributed by atoms with Crippen molar-refractivity contribution >= 4 is 0 Å². The quantitative estimate of drug-likeness (QED) is 0.765. The minimum absolute atomic E-state index is 0.0892. The van der Waals surface area contributed by atoms with E-state index in [1.54, 1.807) is 19.2 Å². The summed E-state index contributed by atoms with van der Waals surface area (Å²) in [4.78, 5) is 0. The van der Waals surface area contributed by atoms with Crippen molar-refractivity contribution in [3.63, 3.8) is 0 Å². The Labute approximate surface area is 102 Å². The first-order valence-corrected chi connectivity index (χ1v) is 5.80. The van der Waals surface area contributed by atoms with Crippen LogP contribution in [0.3, 0.4) is 0 Å². The molecule has 0 spiro atoms. The number of rotatable bonds is 6. The van der Waals surface area contributed by atoms with Crippen LogP contribution in [0.1, 0.15) is 31.9 Å². The molecular weight excluding hydrogens is 217 g/mol. The van der Waals surface area contributed by atoms with Crippen molar-refractivity contribution in [2.45, 2.75) is 26.3 Å². The third-order valence-corrected chi connectivity index (χ3v) is 2.58. The van der Waals surface area contributed by atoms with Gasteiger partial charge in [-0.2, -0.15) is 0 Å². The highest BCUT2D eigenvalue weighted by Crippen LogP contribution is 2.31. The average molecular weight is 237 g/mol. The molecule has 17 heavy (non-hydrogen) atoms. The smallest absolute Gasteiger partial charge is 0.131 e. The Morgan fingerprint density at radius 3 is 2.76 bits per heavy atom. The van der Waals surface area contributed by atoms with Crippen molar-refractivity contribution in [2.75, 3.05) is 13.7 Å². The molecule has 0 aliphatic heterocycles. The van der Waals surface area contributed by atoms with Crippen LogP contribution in [-0.2, 0) is 0 Å². The Bertz CT molecular complexity index is 390. The van der Waals surface area contributed by atoms with E-state index < -0.39 is 0 Å². The molecule has 94 valence electrons. The van der Waals surface area contributed by atoms with Gasteiger partial charge in [-0.05, 0) is 32.0 Å². The molecule has 0 bridgehead atoms. The van der Waals surface area contributed by atoms with Gasteiger partial charge in [0.15, 0.2) is 0 Å². The summed E-state index contributed by atoms with van der Waals surface area (Å²) in [6.45, 7) is 8.60.